The van der Waals surface area contributed by atoms with E-state index in [1.165, 1.54) is 0 Å². The molecule has 0 unspecified atom stereocenters. The van der Waals surface area contributed by atoms with Crippen LogP contribution in [0.3, 0.4) is 0 Å². The van der Waals surface area contributed by atoms with Gasteiger partial charge in [0.25, 0.3) is 0 Å². The minimum Gasteiger partial charge on any atom is -0.392 e. The molecule has 1 N–H and O–H groups in total. The Balaban J connectivity index is 1.97. The summed E-state index contributed by atoms with van der Waals surface area (Å²) in [5.74, 6) is 1.47. The molecule has 0 saturated heterocycles. The van der Waals surface area contributed by atoms with E-state index < -0.39 is 0 Å². The van der Waals surface area contributed by atoms with Crippen molar-refractivity contribution in [1.82, 2.24) is 19.3 Å². The normalized spacial score (nSPS) is 11.6. The Morgan fingerprint density at radius 3 is 2.86 bits per heavy atom. The van der Waals surface area contributed by atoms with Gasteiger partial charge in [0.15, 0.2) is 0 Å². The van der Waals surface area contributed by atoms with Gasteiger partial charge >= 0.3 is 0 Å². The van der Waals surface area contributed by atoms with E-state index in [9.17, 15) is 5.11 Å². The number of rotatable bonds is 5. The van der Waals surface area contributed by atoms with Gasteiger partial charge < -0.3 is 9.67 Å². The molecule has 0 bridgehead atoms. The third-order valence-electron chi connectivity index (χ3n) is 3.59. The molecule has 3 aromatic rings. The summed E-state index contributed by atoms with van der Waals surface area (Å²) in [5, 5.41) is 15.0. The predicted octanol–water partition coefficient (Wildman–Crippen LogP) is 2.43. The molecule has 0 aliphatic heterocycles. The fourth-order valence-electron chi connectivity index (χ4n) is 2.66. The first kappa shape index (κ1) is 13.8. The number of hydrogen-bond acceptors (Lipinski definition) is 3. The fraction of sp³-hybridized carbons (Fsp3) is 0.375. The molecule has 110 valence electrons. The predicted molar refractivity (Wildman–Crippen MR) is 81.8 cm³/mol. The summed E-state index contributed by atoms with van der Waals surface area (Å²) < 4.78 is 4.08. The summed E-state index contributed by atoms with van der Waals surface area (Å²) in [5.41, 5.74) is 2.01. The fourth-order valence-corrected chi connectivity index (χ4v) is 2.66. The highest BCUT2D eigenvalue weighted by Gasteiger charge is 2.10. The van der Waals surface area contributed by atoms with Crippen LogP contribution in [0.2, 0.25) is 0 Å². The lowest BCUT2D eigenvalue weighted by atomic mass is 10.1. The van der Waals surface area contributed by atoms with Crippen LogP contribution < -0.4 is 0 Å². The van der Waals surface area contributed by atoms with E-state index >= 15 is 0 Å². The van der Waals surface area contributed by atoms with Gasteiger partial charge in [0, 0.05) is 18.3 Å². The molecule has 0 fully saturated rings. The number of aliphatic hydroxyl groups is 1. The van der Waals surface area contributed by atoms with E-state index in [0.29, 0.717) is 12.5 Å². The molecule has 0 amide bonds. The molecule has 21 heavy (non-hydrogen) atoms. The lowest BCUT2D eigenvalue weighted by Gasteiger charge is -2.11. The standard InChI is InChI=1S/C16H20N4O/c1-12(2)8-20-15(17-11-18-20)9-19-7-6-13-4-3-5-14(10-21)16(13)19/h3-7,11-12,21H,8-10H2,1-2H3. The first-order chi connectivity index (χ1) is 10.2. The van der Waals surface area contributed by atoms with E-state index in [2.05, 4.69) is 40.6 Å². The molecule has 0 aliphatic carbocycles. The van der Waals surface area contributed by atoms with E-state index in [1.54, 1.807) is 6.33 Å². The van der Waals surface area contributed by atoms with Crippen LogP contribution in [0.25, 0.3) is 10.9 Å². The first-order valence-electron chi connectivity index (χ1n) is 7.23. The van der Waals surface area contributed by atoms with Crippen LogP contribution in [0.15, 0.2) is 36.8 Å². The number of aliphatic hydroxyl groups excluding tert-OH is 1. The lowest BCUT2D eigenvalue weighted by Crippen LogP contribution is -2.13. The van der Waals surface area contributed by atoms with Gasteiger partial charge in [0.05, 0.1) is 18.7 Å². The molecular formula is C16H20N4O. The van der Waals surface area contributed by atoms with Gasteiger partial charge in [-0.1, -0.05) is 32.0 Å². The molecule has 0 saturated carbocycles. The zero-order chi connectivity index (χ0) is 14.8. The molecule has 3 rings (SSSR count). The van der Waals surface area contributed by atoms with Crippen molar-refractivity contribution < 1.29 is 5.11 Å². The summed E-state index contributed by atoms with van der Waals surface area (Å²) in [7, 11) is 0. The quantitative estimate of drug-likeness (QED) is 0.783. The Kier molecular flexibility index (Phi) is 3.75. The van der Waals surface area contributed by atoms with Gasteiger partial charge in [-0.25, -0.2) is 9.67 Å². The van der Waals surface area contributed by atoms with Crippen LogP contribution in [0.4, 0.5) is 0 Å². The molecule has 2 aromatic heterocycles. The minimum atomic E-state index is 0.0417. The number of fused-ring (bicyclic) bond motifs is 1. The third-order valence-corrected chi connectivity index (χ3v) is 3.59. The van der Waals surface area contributed by atoms with E-state index in [0.717, 1.165) is 28.8 Å². The third kappa shape index (κ3) is 2.69. The second-order valence-corrected chi connectivity index (χ2v) is 5.71. The highest BCUT2D eigenvalue weighted by molar-refractivity contribution is 5.83. The van der Waals surface area contributed by atoms with Crippen molar-refractivity contribution in [2.75, 3.05) is 0 Å². The number of benzene rings is 1. The van der Waals surface area contributed by atoms with Crippen molar-refractivity contribution in [3.8, 4) is 0 Å². The van der Waals surface area contributed by atoms with Crippen molar-refractivity contribution >= 4 is 10.9 Å². The van der Waals surface area contributed by atoms with E-state index in [-0.39, 0.29) is 6.61 Å². The Labute approximate surface area is 123 Å². The van der Waals surface area contributed by atoms with Crippen LogP contribution in [0, 0.1) is 5.92 Å². The van der Waals surface area contributed by atoms with Crippen molar-refractivity contribution in [2.45, 2.75) is 33.5 Å². The number of para-hydroxylation sites is 1. The smallest absolute Gasteiger partial charge is 0.146 e. The second-order valence-electron chi connectivity index (χ2n) is 5.71. The molecular weight excluding hydrogens is 264 g/mol. The van der Waals surface area contributed by atoms with Crippen LogP contribution in [-0.4, -0.2) is 24.4 Å². The van der Waals surface area contributed by atoms with E-state index in [1.807, 2.05) is 23.0 Å². The zero-order valence-electron chi connectivity index (χ0n) is 12.4. The summed E-state index contributed by atoms with van der Waals surface area (Å²) >= 11 is 0. The molecule has 5 nitrogen and oxygen atoms in total. The topological polar surface area (TPSA) is 55.9 Å². The van der Waals surface area contributed by atoms with Crippen LogP contribution in [0.5, 0.6) is 0 Å². The van der Waals surface area contributed by atoms with Gasteiger partial charge in [-0.3, -0.25) is 0 Å². The van der Waals surface area contributed by atoms with Gasteiger partial charge in [-0.05, 0) is 17.4 Å². The lowest BCUT2D eigenvalue weighted by molar-refractivity contribution is 0.283. The maximum absolute atomic E-state index is 9.53. The number of aromatic nitrogens is 4. The Bertz CT molecular complexity index is 742. The molecule has 1 aromatic carbocycles. The maximum Gasteiger partial charge on any atom is 0.146 e. The number of hydrogen-bond donors (Lipinski definition) is 1. The van der Waals surface area contributed by atoms with Gasteiger partial charge in [-0.15, -0.1) is 0 Å². The summed E-state index contributed by atoms with van der Waals surface area (Å²) in [6, 6.07) is 8.05. The van der Waals surface area contributed by atoms with Crippen LogP contribution in [-0.2, 0) is 19.7 Å². The van der Waals surface area contributed by atoms with E-state index in [4.69, 9.17) is 0 Å². The average molecular weight is 284 g/mol. The Morgan fingerprint density at radius 1 is 1.24 bits per heavy atom. The largest absolute Gasteiger partial charge is 0.392 e. The molecule has 5 heteroatoms. The molecule has 0 atom stereocenters. The van der Waals surface area contributed by atoms with Crippen LogP contribution >= 0.6 is 0 Å². The average Bonchev–Trinajstić information content (AvgIpc) is 3.06. The van der Waals surface area contributed by atoms with Gasteiger partial charge in [0.1, 0.15) is 12.2 Å². The molecule has 0 radical (unpaired) electrons. The SMILES string of the molecule is CC(C)Cn1ncnc1Cn1ccc2cccc(CO)c21. The van der Waals surface area contributed by atoms with Crippen molar-refractivity contribution in [2.24, 2.45) is 5.92 Å². The maximum atomic E-state index is 9.53. The monoisotopic (exact) mass is 284 g/mol. The van der Waals surface area contributed by atoms with Crippen molar-refractivity contribution in [3.05, 3.63) is 48.2 Å². The molecule has 0 spiro atoms. The molecule has 2 heterocycles. The number of nitrogens with zero attached hydrogens (tertiary/aromatic N) is 4. The second kappa shape index (κ2) is 5.69. The molecule has 0 aliphatic rings. The van der Waals surface area contributed by atoms with Crippen molar-refractivity contribution in [3.63, 3.8) is 0 Å². The first-order valence-corrected chi connectivity index (χ1v) is 7.23. The van der Waals surface area contributed by atoms with Crippen LogP contribution in [0.1, 0.15) is 25.2 Å². The highest BCUT2D eigenvalue weighted by atomic mass is 16.3. The van der Waals surface area contributed by atoms with Gasteiger partial charge in [0.2, 0.25) is 0 Å². The zero-order valence-corrected chi connectivity index (χ0v) is 12.4. The van der Waals surface area contributed by atoms with Crippen molar-refractivity contribution in [1.29, 1.82) is 0 Å². The minimum absolute atomic E-state index is 0.0417. The van der Waals surface area contributed by atoms with Gasteiger partial charge in [-0.2, -0.15) is 5.10 Å². The Hall–Kier alpha value is -2.14. The summed E-state index contributed by atoms with van der Waals surface area (Å²) in [6.45, 7) is 5.90. The summed E-state index contributed by atoms with van der Waals surface area (Å²) in [4.78, 5) is 4.37. The highest BCUT2D eigenvalue weighted by Crippen LogP contribution is 2.21. The summed E-state index contributed by atoms with van der Waals surface area (Å²) in [6.07, 6.45) is 3.65. The Morgan fingerprint density at radius 2 is 2.10 bits per heavy atom.